The normalized spacial score (nSPS) is 25.2. The summed E-state index contributed by atoms with van der Waals surface area (Å²) < 4.78 is 1.66. The Balaban J connectivity index is 1.73. The van der Waals surface area contributed by atoms with E-state index in [2.05, 4.69) is 5.18 Å². The molecule has 0 bridgehead atoms. The van der Waals surface area contributed by atoms with Gasteiger partial charge in [-0.2, -0.15) is 0 Å². The number of hydrogen-bond donors (Lipinski definition) is 4. The van der Waals surface area contributed by atoms with Crippen molar-refractivity contribution in [3.63, 3.8) is 0 Å². The second kappa shape index (κ2) is 10.0. The number of nitrogens with zero attached hydrogens (tertiary/aromatic N) is 4. The number of aliphatic hydroxyl groups is 3. The molecule has 2 aromatic rings. The van der Waals surface area contributed by atoms with Gasteiger partial charge in [0.05, 0.1) is 11.6 Å². The summed E-state index contributed by atoms with van der Waals surface area (Å²) in [5.74, 6) is -6.73. The molecular formula is C29H31N5O8. The van der Waals surface area contributed by atoms with Crippen molar-refractivity contribution in [3.8, 4) is 0 Å². The highest BCUT2D eigenvalue weighted by Gasteiger charge is 2.63. The van der Waals surface area contributed by atoms with Gasteiger partial charge in [0, 0.05) is 61.3 Å². The molecule has 0 saturated heterocycles. The fraction of sp³-hybridized carbons (Fsp3) is 0.379. The number of aldehydes is 1. The first-order valence-corrected chi connectivity index (χ1v) is 13.2. The number of carbonyl (C=O) groups excluding carboxylic acids is 4. The molecule has 3 aliphatic rings. The maximum atomic E-state index is 14.2. The monoisotopic (exact) mass is 577 g/mol. The van der Waals surface area contributed by atoms with Crippen LogP contribution in [0.15, 0.2) is 52.4 Å². The molecule has 42 heavy (non-hydrogen) atoms. The van der Waals surface area contributed by atoms with E-state index in [0.717, 1.165) is 0 Å². The van der Waals surface area contributed by atoms with Gasteiger partial charge in [-0.1, -0.05) is 0 Å². The van der Waals surface area contributed by atoms with Crippen LogP contribution in [0.1, 0.15) is 38.3 Å². The van der Waals surface area contributed by atoms with Gasteiger partial charge < -0.3 is 30.5 Å². The second-order valence-electron chi connectivity index (χ2n) is 11.4. The number of likely N-dealkylation sites (N-methyl/N-ethyl adjacent to an activating group) is 1. The minimum atomic E-state index is -2.72. The van der Waals surface area contributed by atoms with Gasteiger partial charge in [-0.05, 0) is 55.7 Å². The summed E-state index contributed by atoms with van der Waals surface area (Å²) in [6.45, 7) is 0.103. The molecule has 13 nitrogen and oxygen atoms in total. The highest BCUT2D eigenvalue weighted by atomic mass is 16.3. The van der Waals surface area contributed by atoms with Crippen LogP contribution in [-0.2, 0) is 22.6 Å². The lowest BCUT2D eigenvalue weighted by Crippen LogP contribution is -2.63. The average molecular weight is 578 g/mol. The first-order valence-electron chi connectivity index (χ1n) is 13.2. The van der Waals surface area contributed by atoms with Gasteiger partial charge in [0.25, 0.3) is 5.91 Å². The Hall–Kier alpha value is -4.62. The minimum Gasteiger partial charge on any atom is -0.510 e. The lowest BCUT2D eigenvalue weighted by molar-refractivity contribution is -0.148. The Morgan fingerprint density at radius 3 is 2.48 bits per heavy atom. The van der Waals surface area contributed by atoms with Gasteiger partial charge in [-0.25, -0.2) is 0 Å². The fourth-order valence-electron chi connectivity index (χ4n) is 6.80. The van der Waals surface area contributed by atoms with Gasteiger partial charge in [-0.3, -0.25) is 24.1 Å². The van der Waals surface area contributed by atoms with E-state index in [-0.39, 0.29) is 36.2 Å². The molecule has 1 amide bonds. The van der Waals surface area contributed by atoms with E-state index in [1.165, 1.54) is 4.90 Å². The number of nitrogens with two attached hydrogens (primary N) is 1. The molecule has 0 aliphatic heterocycles. The Labute approximate surface area is 240 Å². The third-order valence-electron chi connectivity index (χ3n) is 8.61. The molecule has 1 aromatic carbocycles. The molecule has 0 unspecified atom stereocenters. The number of allylic oxidation sites excluding steroid dienone is 1. The van der Waals surface area contributed by atoms with Crippen molar-refractivity contribution in [3.05, 3.63) is 74.4 Å². The number of primary amides is 1. The van der Waals surface area contributed by atoms with Crippen molar-refractivity contribution in [2.75, 3.05) is 33.1 Å². The SMILES string of the molecule is CN(C)c1cc(Cn2ccc(C=O)c2)c(N=O)c2c1C[C@H]1C[C@H]3[C@H](N(C)C)C(O)=C(C(N)=O)C(=O)[C@@]3(O)C(O)=C1C2=O. The molecule has 220 valence electrons. The molecule has 3 aliphatic carbocycles. The summed E-state index contributed by atoms with van der Waals surface area (Å²) in [6.07, 6.45) is 4.05. The molecule has 13 heteroatoms. The zero-order valence-corrected chi connectivity index (χ0v) is 23.5. The van der Waals surface area contributed by atoms with Crippen molar-refractivity contribution in [1.29, 1.82) is 0 Å². The predicted octanol–water partition coefficient (Wildman–Crippen LogP) is 1.54. The number of nitroso groups, excluding NO2 is 1. The summed E-state index contributed by atoms with van der Waals surface area (Å²) in [5.41, 5.74) is 3.28. The topological polar surface area (TPSA) is 196 Å². The maximum Gasteiger partial charge on any atom is 0.255 e. The van der Waals surface area contributed by atoms with Crippen molar-refractivity contribution >= 4 is 35.1 Å². The Bertz CT molecular complexity index is 1630. The summed E-state index contributed by atoms with van der Waals surface area (Å²) >= 11 is 0. The lowest BCUT2D eigenvalue weighted by Gasteiger charge is -2.50. The number of carbonyl (C=O) groups is 4. The smallest absolute Gasteiger partial charge is 0.255 e. The van der Waals surface area contributed by atoms with Crippen LogP contribution in [0, 0.1) is 16.7 Å². The third kappa shape index (κ3) is 3.99. The van der Waals surface area contributed by atoms with Crippen LogP contribution in [0.5, 0.6) is 0 Å². The van der Waals surface area contributed by atoms with Crippen molar-refractivity contribution in [1.82, 2.24) is 9.47 Å². The number of anilines is 1. The van der Waals surface area contributed by atoms with Crippen LogP contribution in [0.3, 0.4) is 0 Å². The first kappa shape index (κ1) is 28.9. The van der Waals surface area contributed by atoms with E-state index >= 15 is 0 Å². The van der Waals surface area contributed by atoms with Crippen LogP contribution in [-0.4, -0.2) is 88.4 Å². The van der Waals surface area contributed by atoms with Gasteiger partial charge in [0.1, 0.15) is 22.8 Å². The number of Topliss-reactive ketones (excluding diaryl/α,β-unsaturated/α-hetero) is 2. The third-order valence-corrected chi connectivity index (χ3v) is 8.61. The number of hydrogen-bond acceptors (Lipinski definition) is 11. The van der Waals surface area contributed by atoms with Gasteiger partial charge in [-0.15, -0.1) is 4.91 Å². The average Bonchev–Trinajstić information content (AvgIpc) is 3.37. The zero-order valence-electron chi connectivity index (χ0n) is 23.5. The standard InChI is InChI=1S/C29H31N5O8/c1-32(2)18-9-15(11-34-6-5-13(10-34)12-35)22(31-42)20-16(18)7-14-8-17-23(33(3)4)25(37)21(28(30)40)27(39)29(17,41)26(38)19(14)24(20)36/h5-6,9-10,12,14,17,23,37-38,41H,7-8,11H2,1-4H3,(H2,30,40)/t14-,17-,23-,29-/m0/s1. The summed E-state index contributed by atoms with van der Waals surface area (Å²) in [6, 6.07) is 2.27. The largest absolute Gasteiger partial charge is 0.510 e. The van der Waals surface area contributed by atoms with Crippen LogP contribution < -0.4 is 10.6 Å². The van der Waals surface area contributed by atoms with Gasteiger partial charge >= 0.3 is 0 Å². The number of rotatable bonds is 7. The Morgan fingerprint density at radius 1 is 1.24 bits per heavy atom. The lowest BCUT2D eigenvalue weighted by atomic mass is 9.58. The molecule has 4 atom stereocenters. The Morgan fingerprint density at radius 2 is 1.93 bits per heavy atom. The van der Waals surface area contributed by atoms with E-state index in [0.29, 0.717) is 28.7 Å². The number of aliphatic hydroxyl groups excluding tert-OH is 2. The van der Waals surface area contributed by atoms with Crippen molar-refractivity contribution in [2.45, 2.75) is 31.0 Å². The maximum absolute atomic E-state index is 14.2. The number of ketones is 2. The molecule has 1 aromatic heterocycles. The van der Waals surface area contributed by atoms with E-state index in [9.17, 15) is 39.4 Å². The number of aromatic nitrogens is 1. The van der Waals surface area contributed by atoms with Crippen LogP contribution in [0.25, 0.3) is 0 Å². The number of amides is 1. The summed E-state index contributed by atoms with van der Waals surface area (Å²) in [7, 11) is 6.70. The molecule has 0 saturated carbocycles. The molecule has 0 fully saturated rings. The second-order valence-corrected chi connectivity index (χ2v) is 11.4. The van der Waals surface area contributed by atoms with Crippen molar-refractivity contribution in [2.24, 2.45) is 22.7 Å². The van der Waals surface area contributed by atoms with E-state index < -0.39 is 58.0 Å². The zero-order chi connectivity index (χ0) is 30.8. The number of fused-ring (bicyclic) bond motifs is 3. The highest BCUT2D eigenvalue weighted by Crippen LogP contribution is 2.53. The van der Waals surface area contributed by atoms with Crippen LogP contribution in [0.4, 0.5) is 11.4 Å². The Kier molecular flexibility index (Phi) is 6.90. The highest BCUT2D eigenvalue weighted by molar-refractivity contribution is 6.25. The summed E-state index contributed by atoms with van der Waals surface area (Å²) in [4.78, 5) is 66.6. The van der Waals surface area contributed by atoms with Crippen LogP contribution in [0.2, 0.25) is 0 Å². The molecule has 1 heterocycles. The van der Waals surface area contributed by atoms with Crippen LogP contribution >= 0.6 is 0 Å². The number of benzene rings is 1. The molecule has 5 rings (SSSR count). The quantitative estimate of drug-likeness (QED) is 0.213. The van der Waals surface area contributed by atoms with E-state index in [4.69, 9.17) is 5.73 Å². The first-order chi connectivity index (χ1) is 19.8. The predicted molar refractivity (Wildman–Crippen MR) is 151 cm³/mol. The van der Waals surface area contributed by atoms with Gasteiger partial charge in [0.2, 0.25) is 5.78 Å². The van der Waals surface area contributed by atoms with E-state index in [1.807, 2.05) is 0 Å². The molecule has 5 N–H and O–H groups in total. The molecular weight excluding hydrogens is 546 g/mol. The molecule has 0 spiro atoms. The van der Waals surface area contributed by atoms with Gasteiger partial charge in [0.15, 0.2) is 17.7 Å². The minimum absolute atomic E-state index is 0.0118. The van der Waals surface area contributed by atoms with Crippen molar-refractivity contribution < 1.29 is 34.5 Å². The summed E-state index contributed by atoms with van der Waals surface area (Å²) in [5, 5.41) is 37.5. The fourth-order valence-corrected chi connectivity index (χ4v) is 6.80. The molecule has 0 radical (unpaired) electrons. The van der Waals surface area contributed by atoms with E-state index in [1.54, 1.807) is 62.2 Å².